The first-order chi connectivity index (χ1) is 13.3. The van der Waals surface area contributed by atoms with Crippen molar-refractivity contribution < 1.29 is 22.3 Å². The first-order valence-corrected chi connectivity index (χ1v) is 10.5. The molecular weight excluding hydrogens is 407 g/mol. The Hall–Kier alpha value is -2.16. The number of methoxy groups -OCH3 is 1. The maximum atomic E-state index is 13.1. The van der Waals surface area contributed by atoms with E-state index in [2.05, 4.69) is 5.32 Å². The van der Waals surface area contributed by atoms with Crippen LogP contribution in [0.4, 0.5) is 10.1 Å². The predicted molar refractivity (Wildman–Crippen MR) is 105 cm³/mol. The SMILES string of the molecule is COc1ccc(NC(=O)[C@H]2CCCN(S(=O)(=O)c3ccc(F)cc3)C2)cc1Cl. The van der Waals surface area contributed by atoms with E-state index in [1.807, 2.05) is 0 Å². The molecule has 0 bridgehead atoms. The standard InChI is InChI=1S/C19H20ClFN2O4S/c1-27-18-9-6-15(11-17(18)20)22-19(24)13-3-2-10-23(12-13)28(25,26)16-7-4-14(21)5-8-16/h4-9,11,13H,2-3,10,12H2,1H3,(H,22,24)/t13-/m0/s1. The van der Waals surface area contributed by atoms with Gasteiger partial charge in [0.25, 0.3) is 0 Å². The Balaban J connectivity index is 1.71. The van der Waals surface area contributed by atoms with E-state index >= 15 is 0 Å². The summed E-state index contributed by atoms with van der Waals surface area (Å²) in [6, 6.07) is 9.56. The van der Waals surface area contributed by atoms with Crippen molar-refractivity contribution in [2.24, 2.45) is 5.92 Å². The summed E-state index contributed by atoms with van der Waals surface area (Å²) < 4.78 is 45.0. The summed E-state index contributed by atoms with van der Waals surface area (Å²) in [5.74, 6) is -0.785. The lowest BCUT2D eigenvalue weighted by molar-refractivity contribution is -0.120. The summed E-state index contributed by atoms with van der Waals surface area (Å²) >= 11 is 6.07. The first kappa shape index (κ1) is 20.6. The van der Waals surface area contributed by atoms with Crippen LogP contribution in [0.15, 0.2) is 47.4 Å². The molecule has 9 heteroatoms. The Bertz CT molecular complexity index is 966. The second kappa shape index (κ2) is 8.46. The van der Waals surface area contributed by atoms with Crippen molar-refractivity contribution in [3.63, 3.8) is 0 Å². The van der Waals surface area contributed by atoms with Gasteiger partial charge in [0.1, 0.15) is 11.6 Å². The molecule has 1 N–H and O–H groups in total. The molecule has 0 spiro atoms. The van der Waals surface area contributed by atoms with Crippen molar-refractivity contribution >= 4 is 33.2 Å². The molecule has 2 aromatic rings. The zero-order chi connectivity index (χ0) is 20.3. The third-order valence-corrected chi connectivity index (χ3v) is 6.80. The van der Waals surface area contributed by atoms with Crippen LogP contribution in [0.1, 0.15) is 12.8 Å². The minimum atomic E-state index is -3.78. The lowest BCUT2D eigenvalue weighted by Crippen LogP contribution is -2.43. The van der Waals surface area contributed by atoms with Crippen LogP contribution in [0.2, 0.25) is 5.02 Å². The fraction of sp³-hybridized carbons (Fsp3) is 0.316. The smallest absolute Gasteiger partial charge is 0.243 e. The number of amides is 1. The van der Waals surface area contributed by atoms with E-state index in [0.29, 0.717) is 35.8 Å². The van der Waals surface area contributed by atoms with E-state index < -0.39 is 21.8 Å². The third kappa shape index (κ3) is 4.45. The van der Waals surface area contributed by atoms with Crippen molar-refractivity contribution in [1.29, 1.82) is 0 Å². The molecule has 3 rings (SSSR count). The number of anilines is 1. The maximum Gasteiger partial charge on any atom is 0.243 e. The number of hydrogen-bond acceptors (Lipinski definition) is 4. The van der Waals surface area contributed by atoms with Gasteiger partial charge in [-0.05, 0) is 55.3 Å². The molecule has 0 radical (unpaired) electrons. The van der Waals surface area contributed by atoms with Crippen molar-refractivity contribution in [1.82, 2.24) is 4.31 Å². The summed E-state index contributed by atoms with van der Waals surface area (Å²) in [4.78, 5) is 12.6. The highest BCUT2D eigenvalue weighted by Gasteiger charge is 2.33. The molecule has 0 saturated carbocycles. The Morgan fingerprint density at radius 2 is 1.96 bits per heavy atom. The number of halogens is 2. The Labute approximate surface area is 168 Å². The van der Waals surface area contributed by atoms with E-state index in [9.17, 15) is 17.6 Å². The molecule has 1 aliphatic heterocycles. The number of nitrogens with one attached hydrogen (secondary N) is 1. The van der Waals surface area contributed by atoms with Gasteiger partial charge in [-0.25, -0.2) is 12.8 Å². The van der Waals surface area contributed by atoms with E-state index in [4.69, 9.17) is 16.3 Å². The normalized spacial score (nSPS) is 17.9. The number of rotatable bonds is 5. The molecule has 1 atom stereocenters. The van der Waals surface area contributed by atoms with Crippen LogP contribution in [0.5, 0.6) is 5.75 Å². The minimum absolute atomic E-state index is 0.0110. The van der Waals surface area contributed by atoms with Crippen LogP contribution in [-0.4, -0.2) is 38.8 Å². The van der Waals surface area contributed by atoms with Crippen LogP contribution in [0, 0.1) is 11.7 Å². The summed E-state index contributed by atoms with van der Waals surface area (Å²) in [6.45, 7) is 0.382. The highest BCUT2D eigenvalue weighted by atomic mass is 35.5. The van der Waals surface area contributed by atoms with Crippen molar-refractivity contribution in [3.05, 3.63) is 53.3 Å². The van der Waals surface area contributed by atoms with E-state index in [0.717, 1.165) is 12.1 Å². The highest BCUT2D eigenvalue weighted by molar-refractivity contribution is 7.89. The topological polar surface area (TPSA) is 75.7 Å². The number of carbonyl (C=O) groups is 1. The van der Waals surface area contributed by atoms with Gasteiger partial charge in [-0.15, -0.1) is 0 Å². The van der Waals surface area contributed by atoms with Gasteiger partial charge in [0.15, 0.2) is 0 Å². The number of carbonyl (C=O) groups excluding carboxylic acids is 1. The summed E-state index contributed by atoms with van der Waals surface area (Å²) in [5.41, 5.74) is 0.509. The number of hydrogen-bond donors (Lipinski definition) is 1. The van der Waals surface area contributed by atoms with Gasteiger partial charge in [0.2, 0.25) is 15.9 Å². The highest BCUT2D eigenvalue weighted by Crippen LogP contribution is 2.29. The molecule has 2 aromatic carbocycles. The minimum Gasteiger partial charge on any atom is -0.495 e. The third-order valence-electron chi connectivity index (χ3n) is 4.63. The average Bonchev–Trinajstić information content (AvgIpc) is 2.68. The van der Waals surface area contributed by atoms with E-state index in [-0.39, 0.29) is 17.3 Å². The Kier molecular flexibility index (Phi) is 6.22. The molecule has 1 fully saturated rings. The molecular formula is C19H20ClFN2O4S. The van der Waals surface area contributed by atoms with E-state index in [1.165, 1.54) is 23.5 Å². The quantitative estimate of drug-likeness (QED) is 0.793. The van der Waals surface area contributed by atoms with Crippen LogP contribution < -0.4 is 10.1 Å². The fourth-order valence-corrected chi connectivity index (χ4v) is 4.90. The average molecular weight is 427 g/mol. The molecule has 0 aromatic heterocycles. The second-order valence-corrected chi connectivity index (χ2v) is 8.84. The molecule has 28 heavy (non-hydrogen) atoms. The van der Waals surface area contributed by atoms with Gasteiger partial charge in [0.05, 0.1) is 22.9 Å². The zero-order valence-corrected chi connectivity index (χ0v) is 16.8. The summed E-state index contributed by atoms with van der Waals surface area (Å²) in [6.07, 6.45) is 1.13. The van der Waals surface area contributed by atoms with Gasteiger partial charge >= 0.3 is 0 Å². The maximum absolute atomic E-state index is 13.1. The number of benzene rings is 2. The first-order valence-electron chi connectivity index (χ1n) is 8.71. The van der Waals surface area contributed by atoms with Crippen LogP contribution in [-0.2, 0) is 14.8 Å². The van der Waals surface area contributed by atoms with Crippen molar-refractivity contribution in [2.45, 2.75) is 17.7 Å². The molecule has 0 unspecified atom stereocenters. The van der Waals surface area contributed by atoms with Gasteiger partial charge in [-0.1, -0.05) is 11.6 Å². The van der Waals surface area contributed by atoms with Gasteiger partial charge < -0.3 is 10.1 Å². The predicted octanol–water partition coefficient (Wildman–Crippen LogP) is 3.53. The monoisotopic (exact) mass is 426 g/mol. The molecule has 1 heterocycles. The molecule has 6 nitrogen and oxygen atoms in total. The molecule has 1 aliphatic rings. The Morgan fingerprint density at radius 3 is 2.61 bits per heavy atom. The lowest BCUT2D eigenvalue weighted by Gasteiger charge is -2.31. The molecule has 150 valence electrons. The zero-order valence-electron chi connectivity index (χ0n) is 15.2. The van der Waals surface area contributed by atoms with Crippen LogP contribution >= 0.6 is 11.6 Å². The van der Waals surface area contributed by atoms with Gasteiger partial charge in [-0.3, -0.25) is 4.79 Å². The molecule has 0 aliphatic carbocycles. The number of nitrogens with zero attached hydrogens (tertiary/aromatic N) is 1. The largest absolute Gasteiger partial charge is 0.495 e. The fourth-order valence-electron chi connectivity index (χ4n) is 3.12. The molecule has 1 amide bonds. The number of ether oxygens (including phenoxy) is 1. The molecule has 1 saturated heterocycles. The summed E-state index contributed by atoms with van der Waals surface area (Å²) in [7, 11) is -2.29. The number of piperidine rings is 1. The van der Waals surface area contributed by atoms with Crippen molar-refractivity contribution in [2.75, 3.05) is 25.5 Å². The van der Waals surface area contributed by atoms with Gasteiger partial charge in [0, 0.05) is 18.8 Å². The lowest BCUT2D eigenvalue weighted by atomic mass is 9.98. The Morgan fingerprint density at radius 1 is 1.25 bits per heavy atom. The second-order valence-electron chi connectivity index (χ2n) is 6.49. The van der Waals surface area contributed by atoms with Crippen LogP contribution in [0.25, 0.3) is 0 Å². The van der Waals surface area contributed by atoms with Gasteiger partial charge in [-0.2, -0.15) is 4.31 Å². The van der Waals surface area contributed by atoms with Crippen LogP contribution in [0.3, 0.4) is 0 Å². The van der Waals surface area contributed by atoms with E-state index in [1.54, 1.807) is 18.2 Å². The van der Waals surface area contributed by atoms with Crippen molar-refractivity contribution in [3.8, 4) is 5.75 Å². The number of sulfonamides is 1. The summed E-state index contributed by atoms with van der Waals surface area (Å²) in [5, 5.41) is 3.14.